The molecule has 0 bridgehead atoms. The average molecular weight is 374 g/mol. The Hall–Kier alpha value is -2.54. The molecular formula is C20H26N2O5. The number of methoxy groups -OCH3 is 1. The van der Waals surface area contributed by atoms with Crippen molar-refractivity contribution < 1.29 is 19.4 Å². The summed E-state index contributed by atoms with van der Waals surface area (Å²) in [5.74, 6) is -1.42. The van der Waals surface area contributed by atoms with E-state index in [4.69, 9.17) is 9.47 Å². The van der Waals surface area contributed by atoms with E-state index in [1.807, 2.05) is 0 Å². The molecule has 0 spiro atoms. The SMILES string of the molecule is COc1ccc([C@@H]2c3c([nH][nH]c3=O)C[C@@](C)(O)[C@@H]2C(=O)OC(C)(C)C)cc1. The lowest BCUT2D eigenvalue weighted by Gasteiger charge is -2.41. The van der Waals surface area contributed by atoms with Crippen molar-refractivity contribution in [1.82, 2.24) is 10.2 Å². The minimum atomic E-state index is -1.38. The second-order valence-electron chi connectivity index (χ2n) is 8.27. The van der Waals surface area contributed by atoms with E-state index in [1.165, 1.54) is 0 Å². The van der Waals surface area contributed by atoms with Crippen LogP contribution in [0.4, 0.5) is 0 Å². The molecule has 1 heterocycles. The molecule has 7 heteroatoms. The van der Waals surface area contributed by atoms with Gasteiger partial charge in [-0.05, 0) is 45.4 Å². The molecule has 3 N–H and O–H groups in total. The lowest BCUT2D eigenvalue weighted by Crippen LogP contribution is -2.51. The summed E-state index contributed by atoms with van der Waals surface area (Å²) < 4.78 is 10.8. The quantitative estimate of drug-likeness (QED) is 0.714. The van der Waals surface area contributed by atoms with Gasteiger partial charge in [0.25, 0.3) is 5.56 Å². The van der Waals surface area contributed by atoms with E-state index < -0.39 is 29.0 Å². The van der Waals surface area contributed by atoms with Gasteiger partial charge < -0.3 is 19.7 Å². The molecule has 0 fully saturated rings. The number of esters is 1. The zero-order valence-corrected chi connectivity index (χ0v) is 16.3. The van der Waals surface area contributed by atoms with Gasteiger partial charge in [-0.3, -0.25) is 14.7 Å². The van der Waals surface area contributed by atoms with Crippen molar-refractivity contribution in [3.05, 3.63) is 51.4 Å². The lowest BCUT2D eigenvalue weighted by atomic mass is 9.66. The van der Waals surface area contributed by atoms with Crippen molar-refractivity contribution in [2.45, 2.75) is 51.2 Å². The number of nitrogens with one attached hydrogen (secondary N) is 2. The van der Waals surface area contributed by atoms with Crippen molar-refractivity contribution >= 4 is 5.97 Å². The fourth-order valence-corrected chi connectivity index (χ4v) is 3.79. The third kappa shape index (κ3) is 3.64. The van der Waals surface area contributed by atoms with Gasteiger partial charge in [0, 0.05) is 23.6 Å². The molecule has 2 aromatic rings. The standard InChI is InChI=1S/C20H26N2O5/c1-19(2,3)27-18(24)16-14(11-6-8-12(26-5)9-7-11)15-13(10-20(16,4)25)21-22-17(15)23/h6-9,14,16,25H,10H2,1-5H3,(H2,21,22,23)/t14-,16+,20-/m1/s1. The van der Waals surface area contributed by atoms with Gasteiger partial charge >= 0.3 is 5.97 Å². The van der Waals surface area contributed by atoms with Gasteiger partial charge in [0.15, 0.2) is 0 Å². The van der Waals surface area contributed by atoms with Gasteiger partial charge in [-0.15, -0.1) is 0 Å². The molecule has 3 rings (SSSR count). The summed E-state index contributed by atoms with van der Waals surface area (Å²) in [7, 11) is 1.57. The largest absolute Gasteiger partial charge is 0.497 e. The first-order valence-corrected chi connectivity index (χ1v) is 8.92. The van der Waals surface area contributed by atoms with Crippen LogP contribution in [0.25, 0.3) is 0 Å². The monoisotopic (exact) mass is 374 g/mol. The van der Waals surface area contributed by atoms with Crippen LogP contribution in [0.15, 0.2) is 29.1 Å². The van der Waals surface area contributed by atoms with Crippen molar-refractivity contribution in [1.29, 1.82) is 0 Å². The molecule has 3 atom stereocenters. The van der Waals surface area contributed by atoms with Gasteiger partial charge in [-0.2, -0.15) is 0 Å². The Labute approximate surface area is 157 Å². The number of fused-ring (bicyclic) bond motifs is 1. The third-order valence-corrected chi connectivity index (χ3v) is 4.88. The molecule has 1 aromatic heterocycles. The zero-order chi connectivity index (χ0) is 20.0. The fourth-order valence-electron chi connectivity index (χ4n) is 3.79. The van der Waals surface area contributed by atoms with Crippen LogP contribution in [0.1, 0.15) is 50.4 Å². The number of hydrogen-bond donors (Lipinski definition) is 3. The van der Waals surface area contributed by atoms with Gasteiger partial charge in [0.1, 0.15) is 11.4 Å². The number of benzene rings is 1. The summed E-state index contributed by atoms with van der Waals surface area (Å²) >= 11 is 0. The Morgan fingerprint density at radius 2 is 1.85 bits per heavy atom. The topological polar surface area (TPSA) is 104 Å². The smallest absolute Gasteiger partial charge is 0.313 e. The highest BCUT2D eigenvalue weighted by Crippen LogP contribution is 2.45. The molecule has 0 unspecified atom stereocenters. The molecule has 27 heavy (non-hydrogen) atoms. The van der Waals surface area contributed by atoms with E-state index in [-0.39, 0.29) is 12.0 Å². The minimum absolute atomic E-state index is 0.150. The second-order valence-corrected chi connectivity index (χ2v) is 8.27. The number of ether oxygens (including phenoxy) is 2. The van der Waals surface area contributed by atoms with E-state index in [9.17, 15) is 14.7 Å². The van der Waals surface area contributed by atoms with Crippen LogP contribution in [-0.4, -0.2) is 39.6 Å². The molecule has 1 aromatic carbocycles. The van der Waals surface area contributed by atoms with Crippen LogP contribution in [0, 0.1) is 5.92 Å². The van der Waals surface area contributed by atoms with Crippen molar-refractivity contribution in [2.24, 2.45) is 5.92 Å². The number of hydrogen-bond acceptors (Lipinski definition) is 5. The predicted molar refractivity (Wildman–Crippen MR) is 99.9 cm³/mol. The first-order chi connectivity index (χ1) is 12.5. The fraction of sp³-hybridized carbons (Fsp3) is 0.500. The Morgan fingerprint density at radius 1 is 1.22 bits per heavy atom. The summed E-state index contributed by atoms with van der Waals surface area (Å²) in [6.45, 7) is 6.93. The second kappa shape index (κ2) is 6.56. The molecular weight excluding hydrogens is 348 g/mol. The first kappa shape index (κ1) is 19.2. The van der Waals surface area contributed by atoms with Crippen molar-refractivity contribution in [3.8, 4) is 5.75 Å². The predicted octanol–water partition coefficient (Wildman–Crippen LogP) is 2.11. The summed E-state index contributed by atoms with van der Waals surface area (Å²) in [4.78, 5) is 25.5. The maximum atomic E-state index is 13.0. The van der Waals surface area contributed by atoms with Gasteiger partial charge in [0.2, 0.25) is 0 Å². The van der Waals surface area contributed by atoms with Crippen molar-refractivity contribution in [2.75, 3.05) is 7.11 Å². The average Bonchev–Trinajstić information content (AvgIpc) is 2.91. The molecule has 146 valence electrons. The van der Waals surface area contributed by atoms with Gasteiger partial charge in [-0.1, -0.05) is 12.1 Å². The van der Waals surface area contributed by atoms with E-state index in [0.717, 1.165) is 5.56 Å². The molecule has 1 aliphatic rings. The van der Waals surface area contributed by atoms with Crippen LogP contribution in [-0.2, 0) is 16.0 Å². The Balaban J connectivity index is 2.16. The highest BCUT2D eigenvalue weighted by Gasteiger charge is 2.51. The highest BCUT2D eigenvalue weighted by atomic mass is 16.6. The van der Waals surface area contributed by atoms with E-state index in [0.29, 0.717) is 17.0 Å². The van der Waals surface area contributed by atoms with Crippen LogP contribution in [0.3, 0.4) is 0 Å². The lowest BCUT2D eigenvalue weighted by molar-refractivity contribution is -0.171. The number of aromatic amines is 2. The van der Waals surface area contributed by atoms with Crippen molar-refractivity contribution in [3.63, 3.8) is 0 Å². The van der Waals surface area contributed by atoms with Gasteiger partial charge in [0.05, 0.1) is 18.6 Å². The molecule has 0 radical (unpaired) electrons. The molecule has 0 amide bonds. The highest BCUT2D eigenvalue weighted by molar-refractivity contribution is 5.77. The number of rotatable bonds is 3. The Morgan fingerprint density at radius 3 is 2.41 bits per heavy atom. The number of aliphatic hydroxyl groups is 1. The van der Waals surface area contributed by atoms with E-state index in [2.05, 4.69) is 10.2 Å². The molecule has 0 saturated heterocycles. The Kier molecular flexibility index (Phi) is 4.67. The van der Waals surface area contributed by atoms with Crippen LogP contribution in [0.5, 0.6) is 5.75 Å². The van der Waals surface area contributed by atoms with Crippen LogP contribution in [0.2, 0.25) is 0 Å². The van der Waals surface area contributed by atoms with E-state index >= 15 is 0 Å². The minimum Gasteiger partial charge on any atom is -0.497 e. The summed E-state index contributed by atoms with van der Waals surface area (Å²) in [5, 5.41) is 16.5. The van der Waals surface area contributed by atoms with Gasteiger partial charge in [-0.25, -0.2) is 0 Å². The Bertz CT molecular complexity index is 886. The number of H-pyrrole nitrogens is 2. The molecule has 7 nitrogen and oxygen atoms in total. The number of carbonyl (C=O) groups is 1. The maximum Gasteiger partial charge on any atom is 0.313 e. The number of aromatic nitrogens is 2. The van der Waals surface area contributed by atoms with Crippen LogP contribution >= 0.6 is 0 Å². The molecule has 0 aliphatic heterocycles. The summed E-state index contributed by atoms with van der Waals surface area (Å²) in [6, 6.07) is 7.15. The maximum absolute atomic E-state index is 13.0. The molecule has 1 aliphatic carbocycles. The van der Waals surface area contributed by atoms with E-state index in [1.54, 1.807) is 59.1 Å². The summed E-state index contributed by atoms with van der Waals surface area (Å²) in [5.41, 5.74) is -0.589. The third-order valence-electron chi connectivity index (χ3n) is 4.88. The normalized spacial score (nSPS) is 25.0. The zero-order valence-electron chi connectivity index (χ0n) is 16.3. The molecule has 0 saturated carbocycles. The summed E-state index contributed by atoms with van der Waals surface area (Å²) in [6.07, 6.45) is 0.150. The number of carbonyl (C=O) groups excluding carboxylic acids is 1. The van der Waals surface area contributed by atoms with Crippen LogP contribution < -0.4 is 10.3 Å². The first-order valence-electron chi connectivity index (χ1n) is 8.92.